The predicted molar refractivity (Wildman–Crippen MR) is 101 cm³/mol. The first kappa shape index (κ1) is 17.5. The number of fused-ring (bicyclic) bond motifs is 2. The minimum atomic E-state index is -0.714. The SMILES string of the molecule is O=C1NC2CCN(C(=O)c3ccc4c(c3)OCO4)C2C(=O)N1Cc1ccccc1. The smallest absolute Gasteiger partial charge is 0.324 e. The van der Waals surface area contributed by atoms with Gasteiger partial charge < -0.3 is 19.7 Å². The zero-order valence-corrected chi connectivity index (χ0v) is 15.5. The van der Waals surface area contributed by atoms with Crippen LogP contribution in [0.15, 0.2) is 48.5 Å². The van der Waals surface area contributed by atoms with Crippen molar-refractivity contribution < 1.29 is 23.9 Å². The number of ether oxygens (including phenoxy) is 2. The maximum absolute atomic E-state index is 13.2. The molecule has 2 aromatic carbocycles. The number of urea groups is 1. The number of hydrogen-bond acceptors (Lipinski definition) is 5. The van der Waals surface area contributed by atoms with E-state index in [1.165, 1.54) is 4.90 Å². The van der Waals surface area contributed by atoms with Crippen molar-refractivity contribution in [3.63, 3.8) is 0 Å². The van der Waals surface area contributed by atoms with Crippen molar-refractivity contribution in [3.05, 3.63) is 59.7 Å². The summed E-state index contributed by atoms with van der Waals surface area (Å²) in [4.78, 5) is 41.5. The average molecular weight is 393 g/mol. The maximum atomic E-state index is 13.2. The van der Waals surface area contributed by atoms with Gasteiger partial charge in [0.2, 0.25) is 6.79 Å². The van der Waals surface area contributed by atoms with Crippen LogP contribution < -0.4 is 14.8 Å². The summed E-state index contributed by atoms with van der Waals surface area (Å²) in [6.45, 7) is 0.689. The molecule has 0 bridgehead atoms. The van der Waals surface area contributed by atoms with E-state index >= 15 is 0 Å². The van der Waals surface area contributed by atoms with E-state index in [4.69, 9.17) is 9.47 Å². The minimum absolute atomic E-state index is 0.125. The maximum Gasteiger partial charge on any atom is 0.324 e. The Kier molecular flexibility index (Phi) is 4.12. The lowest BCUT2D eigenvalue weighted by Gasteiger charge is -2.37. The van der Waals surface area contributed by atoms with Crippen LogP contribution in [-0.2, 0) is 11.3 Å². The standard InChI is InChI=1S/C21H19N3O5/c25-19(14-6-7-16-17(10-14)29-12-28-16)23-9-8-15-18(23)20(26)24(21(27)22-15)11-13-4-2-1-3-5-13/h1-7,10,15,18H,8-9,11-12H2,(H,22,27). The molecule has 148 valence electrons. The summed E-state index contributed by atoms with van der Waals surface area (Å²) in [6, 6.07) is 12.8. The largest absolute Gasteiger partial charge is 0.454 e. The number of benzene rings is 2. The predicted octanol–water partition coefficient (Wildman–Crippen LogP) is 1.75. The van der Waals surface area contributed by atoms with E-state index in [2.05, 4.69) is 5.32 Å². The molecular formula is C21H19N3O5. The summed E-state index contributed by atoms with van der Waals surface area (Å²) in [7, 11) is 0. The molecule has 8 heteroatoms. The Morgan fingerprint density at radius 2 is 1.86 bits per heavy atom. The average Bonchev–Trinajstić information content (AvgIpc) is 3.37. The summed E-state index contributed by atoms with van der Waals surface area (Å²) in [5.74, 6) is 0.491. The van der Waals surface area contributed by atoms with Crippen molar-refractivity contribution in [2.24, 2.45) is 0 Å². The molecule has 3 aliphatic heterocycles. The highest BCUT2D eigenvalue weighted by atomic mass is 16.7. The fourth-order valence-electron chi connectivity index (χ4n) is 4.08. The second-order valence-corrected chi connectivity index (χ2v) is 7.27. The van der Waals surface area contributed by atoms with Gasteiger partial charge in [-0.2, -0.15) is 0 Å². The summed E-state index contributed by atoms with van der Waals surface area (Å²) in [5.41, 5.74) is 1.27. The molecule has 2 unspecified atom stereocenters. The van der Waals surface area contributed by atoms with Crippen LogP contribution in [0.2, 0.25) is 0 Å². The van der Waals surface area contributed by atoms with Crippen molar-refractivity contribution in [2.75, 3.05) is 13.3 Å². The summed E-state index contributed by atoms with van der Waals surface area (Å²) < 4.78 is 10.6. The van der Waals surface area contributed by atoms with E-state index in [1.54, 1.807) is 23.1 Å². The van der Waals surface area contributed by atoms with Crippen LogP contribution in [-0.4, -0.2) is 53.1 Å². The Labute approximate surface area is 167 Å². The van der Waals surface area contributed by atoms with Gasteiger partial charge in [-0.25, -0.2) is 4.79 Å². The van der Waals surface area contributed by atoms with E-state index < -0.39 is 12.1 Å². The molecule has 8 nitrogen and oxygen atoms in total. The Morgan fingerprint density at radius 3 is 2.69 bits per heavy atom. The fourth-order valence-corrected chi connectivity index (χ4v) is 4.08. The van der Waals surface area contributed by atoms with Crippen molar-refractivity contribution >= 4 is 17.8 Å². The molecule has 0 saturated carbocycles. The number of likely N-dealkylation sites (tertiary alicyclic amines) is 1. The van der Waals surface area contributed by atoms with Gasteiger partial charge in [0.25, 0.3) is 11.8 Å². The van der Waals surface area contributed by atoms with E-state index in [-0.39, 0.29) is 31.2 Å². The molecule has 0 aliphatic carbocycles. The summed E-state index contributed by atoms with van der Waals surface area (Å²) >= 11 is 0. The first-order valence-electron chi connectivity index (χ1n) is 9.48. The Morgan fingerprint density at radius 1 is 1.07 bits per heavy atom. The van der Waals surface area contributed by atoms with E-state index in [0.29, 0.717) is 30.0 Å². The van der Waals surface area contributed by atoms with Crippen LogP contribution in [0.5, 0.6) is 11.5 Å². The molecule has 0 aromatic heterocycles. The fraction of sp³-hybridized carbons (Fsp3) is 0.286. The van der Waals surface area contributed by atoms with Crippen LogP contribution in [0.3, 0.4) is 0 Å². The van der Waals surface area contributed by atoms with Crippen molar-refractivity contribution in [3.8, 4) is 11.5 Å². The molecule has 2 atom stereocenters. The zero-order chi connectivity index (χ0) is 20.0. The van der Waals surface area contributed by atoms with E-state index in [1.807, 2.05) is 30.3 Å². The van der Waals surface area contributed by atoms with Crippen molar-refractivity contribution in [1.82, 2.24) is 15.1 Å². The molecule has 2 aromatic rings. The van der Waals surface area contributed by atoms with Gasteiger partial charge in [-0.1, -0.05) is 30.3 Å². The highest BCUT2D eigenvalue weighted by Gasteiger charge is 2.49. The highest BCUT2D eigenvalue weighted by Crippen LogP contribution is 2.34. The number of imide groups is 1. The zero-order valence-electron chi connectivity index (χ0n) is 15.5. The summed E-state index contributed by atoms with van der Waals surface area (Å²) in [6.07, 6.45) is 0.539. The Balaban J connectivity index is 1.39. The second-order valence-electron chi connectivity index (χ2n) is 7.27. The highest BCUT2D eigenvalue weighted by molar-refractivity contribution is 6.04. The molecule has 3 aliphatic rings. The Bertz CT molecular complexity index is 993. The number of nitrogens with zero attached hydrogens (tertiary/aromatic N) is 2. The van der Waals surface area contributed by atoms with Gasteiger partial charge in [0.05, 0.1) is 12.6 Å². The lowest BCUT2D eigenvalue weighted by molar-refractivity contribution is -0.134. The van der Waals surface area contributed by atoms with Crippen LogP contribution in [0, 0.1) is 0 Å². The van der Waals surface area contributed by atoms with Gasteiger partial charge in [0.1, 0.15) is 6.04 Å². The minimum Gasteiger partial charge on any atom is -0.454 e. The monoisotopic (exact) mass is 393 g/mol. The molecule has 2 fully saturated rings. The molecule has 3 heterocycles. The lowest BCUT2D eigenvalue weighted by atomic mass is 10.0. The van der Waals surface area contributed by atoms with Crippen LogP contribution in [0.4, 0.5) is 4.79 Å². The molecule has 0 spiro atoms. The quantitative estimate of drug-likeness (QED) is 0.858. The number of carbonyl (C=O) groups is 3. The van der Waals surface area contributed by atoms with Crippen molar-refractivity contribution in [1.29, 1.82) is 0 Å². The number of rotatable bonds is 3. The number of amides is 4. The number of nitrogens with one attached hydrogen (secondary N) is 1. The third-order valence-corrected chi connectivity index (χ3v) is 5.53. The van der Waals surface area contributed by atoms with Gasteiger partial charge in [-0.05, 0) is 30.2 Å². The van der Waals surface area contributed by atoms with Crippen LogP contribution in [0.1, 0.15) is 22.3 Å². The Hall–Kier alpha value is -3.55. The third-order valence-electron chi connectivity index (χ3n) is 5.53. The first-order valence-corrected chi connectivity index (χ1v) is 9.48. The molecule has 2 saturated heterocycles. The topological polar surface area (TPSA) is 88.2 Å². The number of carbonyl (C=O) groups excluding carboxylic acids is 3. The van der Waals surface area contributed by atoms with Gasteiger partial charge in [-0.15, -0.1) is 0 Å². The van der Waals surface area contributed by atoms with Gasteiger partial charge in [0, 0.05) is 12.1 Å². The van der Waals surface area contributed by atoms with Crippen LogP contribution >= 0.6 is 0 Å². The molecule has 0 radical (unpaired) electrons. The molecular weight excluding hydrogens is 374 g/mol. The van der Waals surface area contributed by atoms with Gasteiger partial charge in [-0.3, -0.25) is 14.5 Å². The molecule has 29 heavy (non-hydrogen) atoms. The van der Waals surface area contributed by atoms with Gasteiger partial charge in [0.15, 0.2) is 11.5 Å². The van der Waals surface area contributed by atoms with E-state index in [0.717, 1.165) is 5.56 Å². The normalized spacial score (nSPS) is 22.5. The van der Waals surface area contributed by atoms with Crippen molar-refractivity contribution in [2.45, 2.75) is 25.0 Å². The lowest BCUT2D eigenvalue weighted by Crippen LogP contribution is -2.64. The molecule has 1 N–H and O–H groups in total. The summed E-state index contributed by atoms with van der Waals surface area (Å²) in [5, 5.41) is 2.88. The third kappa shape index (κ3) is 2.97. The first-order chi connectivity index (χ1) is 14.1. The second kappa shape index (κ2) is 6.80. The number of hydrogen-bond donors (Lipinski definition) is 1. The molecule has 5 rings (SSSR count). The molecule has 4 amide bonds. The van der Waals surface area contributed by atoms with Gasteiger partial charge >= 0.3 is 6.03 Å². The van der Waals surface area contributed by atoms with Crippen LogP contribution in [0.25, 0.3) is 0 Å². The van der Waals surface area contributed by atoms with E-state index in [9.17, 15) is 14.4 Å².